The first-order chi connectivity index (χ1) is 13.1. The topological polar surface area (TPSA) is 64.6 Å². The van der Waals surface area contributed by atoms with Crippen molar-refractivity contribution in [2.75, 3.05) is 11.9 Å². The zero-order valence-electron chi connectivity index (χ0n) is 14.7. The number of rotatable bonds is 5. The van der Waals surface area contributed by atoms with Crippen molar-refractivity contribution in [2.45, 2.75) is 13.3 Å². The number of fused-ring (bicyclic) bond motifs is 1. The Morgan fingerprint density at radius 1 is 1.15 bits per heavy atom. The summed E-state index contributed by atoms with van der Waals surface area (Å²) in [7, 11) is 0. The number of ether oxygens (including phenoxy) is 2. The van der Waals surface area contributed by atoms with Crippen LogP contribution in [0.1, 0.15) is 29.3 Å². The molecular formula is C21H18ClNO4. The third kappa shape index (κ3) is 4.77. The highest BCUT2D eigenvalue weighted by Crippen LogP contribution is 2.28. The molecule has 1 heterocycles. The first kappa shape index (κ1) is 18.7. The van der Waals surface area contributed by atoms with Gasteiger partial charge < -0.3 is 14.8 Å². The molecule has 0 fully saturated rings. The maximum absolute atomic E-state index is 12.6. The molecule has 0 aromatic heterocycles. The van der Waals surface area contributed by atoms with E-state index in [4.69, 9.17) is 21.1 Å². The number of hydrogen-bond donors (Lipinski definition) is 1. The minimum absolute atomic E-state index is 0.302. The summed E-state index contributed by atoms with van der Waals surface area (Å²) in [6, 6.07) is 11.7. The van der Waals surface area contributed by atoms with Crippen LogP contribution in [0.4, 0.5) is 5.69 Å². The van der Waals surface area contributed by atoms with Crippen LogP contribution in [0.5, 0.6) is 5.75 Å². The Balaban J connectivity index is 1.72. The van der Waals surface area contributed by atoms with Crippen molar-refractivity contribution >= 4 is 35.2 Å². The zero-order chi connectivity index (χ0) is 19.2. The average molecular weight is 384 g/mol. The van der Waals surface area contributed by atoms with E-state index >= 15 is 0 Å². The van der Waals surface area contributed by atoms with E-state index < -0.39 is 0 Å². The van der Waals surface area contributed by atoms with Gasteiger partial charge in [0.2, 0.25) is 0 Å². The van der Waals surface area contributed by atoms with E-state index in [-0.39, 0.29) is 11.9 Å². The number of benzene rings is 2. The van der Waals surface area contributed by atoms with E-state index in [1.54, 1.807) is 54.6 Å². The normalized spacial score (nSPS) is 12.3. The molecule has 27 heavy (non-hydrogen) atoms. The SMILES string of the molecule is CCCOC(=O)c1ccc(NC(=O)C2=Cc3cc(Cl)ccc3OC=C2)cc1. The van der Waals surface area contributed by atoms with Crippen LogP contribution < -0.4 is 10.1 Å². The highest BCUT2D eigenvalue weighted by atomic mass is 35.5. The largest absolute Gasteiger partial charge is 0.464 e. The molecule has 0 atom stereocenters. The summed E-state index contributed by atoms with van der Waals surface area (Å²) in [4.78, 5) is 24.4. The third-order valence-electron chi connectivity index (χ3n) is 3.80. The number of halogens is 1. The number of hydrogen-bond acceptors (Lipinski definition) is 4. The van der Waals surface area contributed by atoms with Crippen molar-refractivity contribution in [2.24, 2.45) is 0 Å². The van der Waals surface area contributed by atoms with Crippen LogP contribution in [0, 0.1) is 0 Å². The molecule has 2 aromatic carbocycles. The second-order valence-electron chi connectivity index (χ2n) is 5.87. The average Bonchev–Trinajstić information content (AvgIpc) is 2.88. The van der Waals surface area contributed by atoms with E-state index in [9.17, 15) is 9.59 Å². The molecule has 6 heteroatoms. The highest BCUT2D eigenvalue weighted by Gasteiger charge is 2.13. The lowest BCUT2D eigenvalue weighted by Gasteiger charge is -2.07. The fraction of sp³-hybridized carbons (Fsp3) is 0.143. The zero-order valence-corrected chi connectivity index (χ0v) is 15.5. The predicted molar refractivity (Wildman–Crippen MR) is 105 cm³/mol. The Bertz CT molecular complexity index is 916. The third-order valence-corrected chi connectivity index (χ3v) is 4.04. The summed E-state index contributed by atoms with van der Waals surface area (Å²) >= 11 is 6.02. The summed E-state index contributed by atoms with van der Waals surface area (Å²) in [6.45, 7) is 2.31. The molecule has 0 radical (unpaired) electrons. The van der Waals surface area contributed by atoms with Gasteiger partial charge in [-0.3, -0.25) is 4.79 Å². The van der Waals surface area contributed by atoms with Gasteiger partial charge in [-0.25, -0.2) is 4.79 Å². The summed E-state index contributed by atoms with van der Waals surface area (Å²) in [5, 5.41) is 3.35. The highest BCUT2D eigenvalue weighted by molar-refractivity contribution is 6.30. The van der Waals surface area contributed by atoms with Gasteiger partial charge in [0, 0.05) is 21.8 Å². The molecule has 1 amide bonds. The Kier molecular flexibility index (Phi) is 5.94. The second-order valence-corrected chi connectivity index (χ2v) is 6.31. The molecule has 0 unspecified atom stereocenters. The van der Waals surface area contributed by atoms with Gasteiger partial charge in [0.05, 0.1) is 18.4 Å². The minimum Gasteiger partial charge on any atom is -0.464 e. The van der Waals surface area contributed by atoms with Crippen molar-refractivity contribution < 1.29 is 19.1 Å². The molecule has 0 saturated carbocycles. The van der Waals surface area contributed by atoms with Crippen LogP contribution in [-0.4, -0.2) is 18.5 Å². The standard InChI is InChI=1S/C21H18ClNO4/c1-2-10-27-21(25)14-3-6-18(7-4-14)23-20(24)15-9-11-26-19-8-5-17(22)13-16(19)12-15/h3-9,11-13H,2,10H2,1H3,(H,23,24). The van der Waals surface area contributed by atoms with E-state index in [1.165, 1.54) is 6.26 Å². The Hall–Kier alpha value is -3.05. The Labute approximate surface area is 162 Å². The molecule has 1 aliphatic heterocycles. The summed E-state index contributed by atoms with van der Waals surface area (Å²) in [6.07, 6.45) is 5.51. The smallest absolute Gasteiger partial charge is 0.338 e. The van der Waals surface area contributed by atoms with Crippen LogP contribution in [0.25, 0.3) is 6.08 Å². The van der Waals surface area contributed by atoms with Crippen molar-refractivity contribution in [3.8, 4) is 5.75 Å². The van der Waals surface area contributed by atoms with Gasteiger partial charge >= 0.3 is 5.97 Å². The van der Waals surface area contributed by atoms with Crippen LogP contribution in [0.2, 0.25) is 5.02 Å². The second kappa shape index (κ2) is 8.56. The van der Waals surface area contributed by atoms with Crippen molar-refractivity contribution in [1.82, 2.24) is 0 Å². The van der Waals surface area contributed by atoms with Gasteiger partial charge in [0.15, 0.2) is 0 Å². The number of carbonyl (C=O) groups excluding carboxylic acids is 2. The first-order valence-electron chi connectivity index (χ1n) is 8.50. The van der Waals surface area contributed by atoms with Crippen LogP contribution >= 0.6 is 11.6 Å². The van der Waals surface area contributed by atoms with Gasteiger partial charge in [-0.1, -0.05) is 18.5 Å². The Morgan fingerprint density at radius 3 is 2.67 bits per heavy atom. The monoisotopic (exact) mass is 383 g/mol. The number of carbonyl (C=O) groups is 2. The molecule has 1 aliphatic rings. The van der Waals surface area contributed by atoms with E-state index in [2.05, 4.69) is 5.32 Å². The van der Waals surface area contributed by atoms with Gasteiger partial charge in [-0.15, -0.1) is 0 Å². The van der Waals surface area contributed by atoms with E-state index in [0.29, 0.717) is 39.8 Å². The van der Waals surface area contributed by atoms with Crippen LogP contribution in [-0.2, 0) is 9.53 Å². The van der Waals surface area contributed by atoms with Gasteiger partial charge in [-0.05, 0) is 61.0 Å². The number of anilines is 1. The summed E-state index contributed by atoms with van der Waals surface area (Å²) < 4.78 is 10.6. The minimum atomic E-state index is -0.380. The van der Waals surface area contributed by atoms with E-state index in [1.807, 2.05) is 6.92 Å². The maximum Gasteiger partial charge on any atom is 0.338 e. The molecule has 0 bridgehead atoms. The lowest BCUT2D eigenvalue weighted by atomic mass is 10.1. The molecule has 0 saturated heterocycles. The van der Waals surface area contributed by atoms with Crippen molar-refractivity contribution in [1.29, 1.82) is 0 Å². The molecule has 138 valence electrons. The fourth-order valence-corrected chi connectivity index (χ4v) is 2.63. The van der Waals surface area contributed by atoms with Crippen molar-refractivity contribution in [3.05, 3.63) is 76.5 Å². The fourth-order valence-electron chi connectivity index (χ4n) is 2.45. The van der Waals surface area contributed by atoms with Crippen LogP contribution in [0.3, 0.4) is 0 Å². The Morgan fingerprint density at radius 2 is 1.93 bits per heavy atom. The van der Waals surface area contributed by atoms with Crippen LogP contribution in [0.15, 0.2) is 60.4 Å². The lowest BCUT2D eigenvalue weighted by molar-refractivity contribution is -0.112. The molecule has 2 aromatic rings. The molecular weight excluding hydrogens is 366 g/mol. The van der Waals surface area contributed by atoms with Gasteiger partial charge in [0.1, 0.15) is 5.75 Å². The number of nitrogens with one attached hydrogen (secondary N) is 1. The maximum atomic E-state index is 12.6. The lowest BCUT2D eigenvalue weighted by Crippen LogP contribution is -2.13. The predicted octanol–water partition coefficient (Wildman–Crippen LogP) is 4.84. The summed E-state index contributed by atoms with van der Waals surface area (Å²) in [5.74, 6) is -0.0628. The first-order valence-corrected chi connectivity index (χ1v) is 8.87. The molecule has 0 spiro atoms. The van der Waals surface area contributed by atoms with Crippen molar-refractivity contribution in [3.63, 3.8) is 0 Å². The molecule has 0 aliphatic carbocycles. The van der Waals surface area contributed by atoms with Gasteiger partial charge in [-0.2, -0.15) is 0 Å². The molecule has 5 nitrogen and oxygen atoms in total. The number of esters is 1. The summed E-state index contributed by atoms with van der Waals surface area (Å²) in [5.41, 5.74) is 2.14. The number of amides is 1. The van der Waals surface area contributed by atoms with Gasteiger partial charge in [0.25, 0.3) is 5.91 Å². The molecule has 3 rings (SSSR count). The molecule has 1 N–H and O–H groups in total. The van der Waals surface area contributed by atoms with E-state index in [0.717, 1.165) is 6.42 Å². The quantitative estimate of drug-likeness (QED) is 0.750.